The Labute approximate surface area is 165 Å². The fourth-order valence-electron chi connectivity index (χ4n) is 3.16. The fourth-order valence-corrected chi connectivity index (χ4v) is 3.16. The average Bonchev–Trinajstić information content (AvgIpc) is 3.16. The maximum absolute atomic E-state index is 12.7. The lowest BCUT2D eigenvalue weighted by atomic mass is 10.0. The number of carbonyl (C=O) groups excluding carboxylic acids is 2. The molecule has 29 heavy (non-hydrogen) atoms. The van der Waals surface area contributed by atoms with Gasteiger partial charge in [-0.15, -0.1) is 0 Å². The highest BCUT2D eigenvalue weighted by Crippen LogP contribution is 2.27. The van der Waals surface area contributed by atoms with Gasteiger partial charge in [-0.3, -0.25) is 14.6 Å². The van der Waals surface area contributed by atoms with Crippen molar-refractivity contribution in [2.75, 3.05) is 18.4 Å². The minimum Gasteiger partial charge on any atom is -0.338 e. The van der Waals surface area contributed by atoms with Crippen LogP contribution in [-0.4, -0.2) is 39.8 Å². The Morgan fingerprint density at radius 2 is 1.93 bits per heavy atom. The number of nitrogens with zero attached hydrogens (tertiary/aromatic N) is 3. The molecule has 152 valence electrons. The van der Waals surface area contributed by atoms with Crippen LogP contribution in [0.4, 0.5) is 18.9 Å². The maximum atomic E-state index is 12.7. The standard InChI is InChI=1S/C20H19F3N4O2/c1-2-18(28)26-15-5-3-14(4-6-15)19(29)27-8-7-13(12-27)9-16-10-25-17(11-24-16)20(21,22)23/h2-6,10-11,13H,1,7-9,12H2,(H,26,28)/t13-/m0/s1. The number of alkyl halides is 3. The molecular weight excluding hydrogens is 385 g/mol. The number of carbonyl (C=O) groups is 2. The molecule has 1 aliphatic heterocycles. The lowest BCUT2D eigenvalue weighted by molar-refractivity contribution is -0.141. The highest BCUT2D eigenvalue weighted by Gasteiger charge is 2.33. The molecule has 2 aromatic rings. The molecule has 3 rings (SSSR count). The zero-order valence-electron chi connectivity index (χ0n) is 15.4. The summed E-state index contributed by atoms with van der Waals surface area (Å²) in [6.45, 7) is 4.43. The molecule has 0 spiro atoms. The minimum absolute atomic E-state index is 0.108. The minimum atomic E-state index is -4.51. The first-order valence-electron chi connectivity index (χ1n) is 8.97. The molecule has 0 radical (unpaired) electrons. The summed E-state index contributed by atoms with van der Waals surface area (Å²) >= 11 is 0. The summed E-state index contributed by atoms with van der Waals surface area (Å²) in [6, 6.07) is 6.55. The van der Waals surface area contributed by atoms with Gasteiger partial charge in [0.2, 0.25) is 5.91 Å². The van der Waals surface area contributed by atoms with E-state index in [1.165, 1.54) is 0 Å². The number of halogens is 3. The number of hydrogen-bond acceptors (Lipinski definition) is 4. The van der Waals surface area contributed by atoms with Crippen LogP contribution >= 0.6 is 0 Å². The molecule has 0 bridgehead atoms. The summed E-state index contributed by atoms with van der Waals surface area (Å²) in [4.78, 5) is 32.9. The molecule has 1 aromatic heterocycles. The fraction of sp³-hybridized carbons (Fsp3) is 0.300. The summed E-state index contributed by atoms with van der Waals surface area (Å²) in [6.07, 6.45) is -0.274. The number of nitrogens with one attached hydrogen (secondary N) is 1. The average molecular weight is 404 g/mol. The predicted octanol–water partition coefficient (Wildman–Crippen LogP) is 3.32. The molecule has 0 saturated carbocycles. The molecule has 2 amide bonds. The Balaban J connectivity index is 1.56. The van der Waals surface area contributed by atoms with Crippen LogP contribution in [0.15, 0.2) is 49.3 Å². The first kappa shape index (κ1) is 20.5. The lowest BCUT2D eigenvalue weighted by Crippen LogP contribution is -2.29. The first-order chi connectivity index (χ1) is 13.8. The molecule has 0 unspecified atom stereocenters. The van der Waals surface area contributed by atoms with Crippen LogP contribution in [0.2, 0.25) is 0 Å². The van der Waals surface area contributed by atoms with Crippen molar-refractivity contribution in [3.8, 4) is 0 Å². The van der Waals surface area contributed by atoms with E-state index in [0.29, 0.717) is 36.5 Å². The third-order valence-electron chi connectivity index (χ3n) is 4.65. The quantitative estimate of drug-likeness (QED) is 0.776. The molecule has 2 heterocycles. The second kappa shape index (κ2) is 8.42. The van der Waals surface area contributed by atoms with Gasteiger partial charge < -0.3 is 10.2 Å². The van der Waals surface area contributed by atoms with Crippen LogP contribution in [0, 0.1) is 5.92 Å². The van der Waals surface area contributed by atoms with Crippen LogP contribution in [0.3, 0.4) is 0 Å². The van der Waals surface area contributed by atoms with E-state index < -0.39 is 11.9 Å². The van der Waals surface area contributed by atoms with Gasteiger partial charge in [-0.05, 0) is 49.1 Å². The number of benzene rings is 1. The van der Waals surface area contributed by atoms with E-state index in [1.807, 2.05) is 0 Å². The van der Waals surface area contributed by atoms with Crippen LogP contribution in [0.25, 0.3) is 0 Å². The molecule has 9 heteroatoms. The molecule has 1 atom stereocenters. The Kier molecular flexibility index (Phi) is 5.95. The Morgan fingerprint density at radius 1 is 1.21 bits per heavy atom. The van der Waals surface area contributed by atoms with E-state index in [1.54, 1.807) is 29.2 Å². The van der Waals surface area contributed by atoms with E-state index in [-0.39, 0.29) is 17.7 Å². The van der Waals surface area contributed by atoms with Crippen LogP contribution in [0.1, 0.15) is 28.2 Å². The predicted molar refractivity (Wildman–Crippen MR) is 100 cm³/mol. The monoisotopic (exact) mass is 404 g/mol. The van der Waals surface area contributed by atoms with Crippen molar-refractivity contribution in [1.29, 1.82) is 0 Å². The van der Waals surface area contributed by atoms with E-state index in [4.69, 9.17) is 0 Å². The molecule has 1 aliphatic rings. The summed E-state index contributed by atoms with van der Waals surface area (Å²) in [7, 11) is 0. The number of rotatable bonds is 5. The van der Waals surface area contributed by atoms with Gasteiger partial charge in [0, 0.05) is 30.5 Å². The molecule has 1 fully saturated rings. The number of amides is 2. The number of likely N-dealkylation sites (tertiary alicyclic amines) is 1. The normalized spacial score (nSPS) is 16.5. The van der Waals surface area contributed by atoms with E-state index >= 15 is 0 Å². The molecule has 6 nitrogen and oxygen atoms in total. The third-order valence-corrected chi connectivity index (χ3v) is 4.65. The molecule has 0 aliphatic carbocycles. The second-order valence-electron chi connectivity index (χ2n) is 6.77. The SMILES string of the molecule is C=CC(=O)Nc1ccc(C(=O)N2CC[C@@H](Cc3cnc(C(F)(F)F)cn3)C2)cc1. The van der Waals surface area contributed by atoms with Gasteiger partial charge in [-0.25, -0.2) is 4.98 Å². The van der Waals surface area contributed by atoms with Gasteiger partial charge in [0.15, 0.2) is 5.69 Å². The first-order valence-corrected chi connectivity index (χ1v) is 8.97. The summed E-state index contributed by atoms with van der Waals surface area (Å²) in [5.41, 5.74) is 0.514. The van der Waals surface area contributed by atoms with Crippen molar-refractivity contribution < 1.29 is 22.8 Å². The third kappa shape index (κ3) is 5.18. The van der Waals surface area contributed by atoms with E-state index in [2.05, 4.69) is 21.9 Å². The molecule has 1 aromatic carbocycles. The van der Waals surface area contributed by atoms with Crippen LogP contribution < -0.4 is 5.32 Å². The Hall–Kier alpha value is -3.23. The van der Waals surface area contributed by atoms with Gasteiger partial charge in [0.1, 0.15) is 0 Å². The second-order valence-corrected chi connectivity index (χ2v) is 6.77. The molecule has 1 saturated heterocycles. The Bertz CT molecular complexity index is 895. The van der Waals surface area contributed by atoms with Gasteiger partial charge >= 0.3 is 6.18 Å². The Morgan fingerprint density at radius 3 is 2.52 bits per heavy atom. The van der Waals surface area contributed by atoms with Crippen molar-refractivity contribution in [3.05, 3.63) is 66.3 Å². The zero-order valence-corrected chi connectivity index (χ0v) is 15.4. The van der Waals surface area contributed by atoms with Crippen LogP contribution in [-0.2, 0) is 17.4 Å². The van der Waals surface area contributed by atoms with E-state index in [0.717, 1.165) is 24.9 Å². The van der Waals surface area contributed by atoms with Crippen molar-refractivity contribution in [2.24, 2.45) is 5.92 Å². The summed E-state index contributed by atoms with van der Waals surface area (Å²) in [5, 5.41) is 2.61. The maximum Gasteiger partial charge on any atom is 0.434 e. The smallest absolute Gasteiger partial charge is 0.338 e. The number of anilines is 1. The van der Waals surface area contributed by atoms with Crippen molar-refractivity contribution in [1.82, 2.24) is 14.9 Å². The number of aromatic nitrogens is 2. The van der Waals surface area contributed by atoms with Crippen molar-refractivity contribution in [2.45, 2.75) is 19.0 Å². The zero-order chi connectivity index (χ0) is 21.0. The van der Waals surface area contributed by atoms with Gasteiger partial charge in [0.25, 0.3) is 5.91 Å². The number of hydrogen-bond donors (Lipinski definition) is 1. The van der Waals surface area contributed by atoms with Gasteiger partial charge in [0.05, 0.1) is 11.9 Å². The molecule has 1 N–H and O–H groups in total. The lowest BCUT2D eigenvalue weighted by Gasteiger charge is -2.17. The highest BCUT2D eigenvalue weighted by atomic mass is 19.4. The van der Waals surface area contributed by atoms with Gasteiger partial charge in [-0.1, -0.05) is 6.58 Å². The van der Waals surface area contributed by atoms with E-state index in [9.17, 15) is 22.8 Å². The topological polar surface area (TPSA) is 75.2 Å². The van der Waals surface area contributed by atoms with Crippen molar-refractivity contribution in [3.63, 3.8) is 0 Å². The summed E-state index contributed by atoms with van der Waals surface area (Å²) < 4.78 is 37.7. The highest BCUT2D eigenvalue weighted by molar-refractivity contribution is 5.99. The van der Waals surface area contributed by atoms with Crippen LogP contribution in [0.5, 0.6) is 0 Å². The summed E-state index contributed by atoms with van der Waals surface area (Å²) in [5.74, 6) is -0.360. The largest absolute Gasteiger partial charge is 0.434 e. The molecular formula is C20H19F3N4O2. The van der Waals surface area contributed by atoms with Gasteiger partial charge in [-0.2, -0.15) is 13.2 Å². The van der Waals surface area contributed by atoms with Crippen molar-refractivity contribution >= 4 is 17.5 Å².